The summed E-state index contributed by atoms with van der Waals surface area (Å²) in [7, 11) is -2.36. The van der Waals surface area contributed by atoms with Crippen LogP contribution in [-0.2, 0) is 14.8 Å². The smallest absolute Gasteiger partial charge is 0.337 e. The minimum Gasteiger partial charge on any atom is -0.465 e. The molecular weight excluding hydrogens is 328 g/mol. The van der Waals surface area contributed by atoms with E-state index in [0.717, 1.165) is 0 Å². The van der Waals surface area contributed by atoms with Gasteiger partial charge in [0.1, 0.15) is 0 Å². The molecule has 22 heavy (non-hydrogen) atoms. The van der Waals surface area contributed by atoms with E-state index in [1.807, 2.05) is 13.8 Å². The lowest BCUT2D eigenvalue weighted by Crippen LogP contribution is -2.57. The predicted molar refractivity (Wildman–Crippen MR) is 85.8 cm³/mol. The van der Waals surface area contributed by atoms with Gasteiger partial charge in [0.15, 0.2) is 0 Å². The molecule has 8 heteroatoms. The maximum atomic E-state index is 12.8. The number of benzene rings is 1. The average molecular weight is 349 g/mol. The van der Waals surface area contributed by atoms with E-state index in [1.165, 1.54) is 29.6 Å². The molecule has 6 nitrogen and oxygen atoms in total. The van der Waals surface area contributed by atoms with Crippen molar-refractivity contribution < 1.29 is 17.9 Å². The number of nitrogens with zero attached hydrogens (tertiary/aromatic N) is 1. The number of carbonyl (C=O) groups excluding carboxylic acids is 1. The van der Waals surface area contributed by atoms with Gasteiger partial charge in [-0.1, -0.05) is 6.07 Å². The molecule has 0 aromatic heterocycles. The first-order chi connectivity index (χ1) is 9.87. The minimum atomic E-state index is -3.62. The lowest BCUT2D eigenvalue weighted by molar-refractivity contribution is 0.0600. The molecule has 1 saturated heterocycles. The number of halogens is 1. The van der Waals surface area contributed by atoms with Crippen molar-refractivity contribution in [1.82, 2.24) is 9.62 Å². The van der Waals surface area contributed by atoms with E-state index in [1.54, 1.807) is 6.07 Å². The third-order valence-electron chi connectivity index (χ3n) is 3.84. The quantitative estimate of drug-likeness (QED) is 0.832. The first kappa shape index (κ1) is 18.9. The van der Waals surface area contributed by atoms with Crippen molar-refractivity contribution in [3.8, 4) is 0 Å². The van der Waals surface area contributed by atoms with Crippen LogP contribution in [0.5, 0.6) is 0 Å². The summed E-state index contributed by atoms with van der Waals surface area (Å²) in [6, 6.07) is 5.88. The summed E-state index contributed by atoms with van der Waals surface area (Å²) >= 11 is 0. The fourth-order valence-electron chi connectivity index (χ4n) is 2.40. The van der Waals surface area contributed by atoms with E-state index in [4.69, 9.17) is 0 Å². The highest BCUT2D eigenvalue weighted by Crippen LogP contribution is 2.22. The number of sulfonamides is 1. The van der Waals surface area contributed by atoms with Crippen molar-refractivity contribution in [3.63, 3.8) is 0 Å². The molecular formula is C14H21ClN2O4S. The monoisotopic (exact) mass is 348 g/mol. The van der Waals surface area contributed by atoms with E-state index in [0.29, 0.717) is 13.1 Å². The third kappa shape index (κ3) is 3.60. The Bertz CT molecular complexity index is 635. The highest BCUT2D eigenvalue weighted by Gasteiger charge is 2.34. The molecule has 124 valence electrons. The Morgan fingerprint density at radius 3 is 2.68 bits per heavy atom. The lowest BCUT2D eigenvalue weighted by atomic mass is 10.1. The molecule has 1 aromatic carbocycles. The number of nitrogens with one attached hydrogen (secondary N) is 1. The van der Waals surface area contributed by atoms with E-state index in [9.17, 15) is 13.2 Å². The summed E-state index contributed by atoms with van der Waals surface area (Å²) < 4.78 is 31.6. The van der Waals surface area contributed by atoms with Crippen molar-refractivity contribution in [2.45, 2.75) is 30.8 Å². The van der Waals surface area contributed by atoms with Gasteiger partial charge < -0.3 is 10.1 Å². The Morgan fingerprint density at radius 1 is 1.36 bits per heavy atom. The number of hydrogen-bond donors (Lipinski definition) is 1. The Morgan fingerprint density at radius 2 is 2.05 bits per heavy atom. The maximum Gasteiger partial charge on any atom is 0.337 e. The van der Waals surface area contributed by atoms with Gasteiger partial charge in [0.2, 0.25) is 10.0 Å². The number of rotatable bonds is 3. The largest absolute Gasteiger partial charge is 0.465 e. The number of esters is 1. The number of piperazine rings is 1. The van der Waals surface area contributed by atoms with Crippen LogP contribution in [0.15, 0.2) is 29.2 Å². The van der Waals surface area contributed by atoms with Gasteiger partial charge in [0, 0.05) is 25.2 Å². The van der Waals surface area contributed by atoms with E-state index in [2.05, 4.69) is 10.1 Å². The van der Waals surface area contributed by atoms with Gasteiger partial charge >= 0.3 is 5.97 Å². The zero-order chi connectivity index (χ0) is 15.6. The lowest BCUT2D eigenvalue weighted by Gasteiger charge is -2.37. The van der Waals surface area contributed by atoms with Crippen LogP contribution < -0.4 is 5.32 Å². The van der Waals surface area contributed by atoms with Gasteiger partial charge in [-0.05, 0) is 32.0 Å². The van der Waals surface area contributed by atoms with Crippen molar-refractivity contribution in [3.05, 3.63) is 29.8 Å². The first-order valence-electron chi connectivity index (χ1n) is 6.81. The van der Waals surface area contributed by atoms with E-state index in [-0.39, 0.29) is 34.9 Å². The number of ether oxygens (including phenoxy) is 1. The molecule has 1 heterocycles. The molecule has 1 fully saturated rings. The molecule has 0 radical (unpaired) electrons. The maximum absolute atomic E-state index is 12.8. The van der Waals surface area contributed by atoms with Gasteiger partial charge in [-0.25, -0.2) is 13.2 Å². The molecule has 1 aromatic rings. The zero-order valence-electron chi connectivity index (χ0n) is 12.8. The number of hydrogen-bond acceptors (Lipinski definition) is 5. The fourth-order valence-corrected chi connectivity index (χ4v) is 4.15. The van der Waals surface area contributed by atoms with Crippen LogP contribution in [0.25, 0.3) is 0 Å². The van der Waals surface area contributed by atoms with Gasteiger partial charge in [-0.3, -0.25) is 0 Å². The zero-order valence-corrected chi connectivity index (χ0v) is 14.4. The van der Waals surface area contributed by atoms with Gasteiger partial charge in [0.05, 0.1) is 17.6 Å². The summed E-state index contributed by atoms with van der Waals surface area (Å²) in [5, 5.41) is 3.24. The molecule has 2 rings (SSSR count). The van der Waals surface area contributed by atoms with Crippen molar-refractivity contribution >= 4 is 28.4 Å². The SMILES string of the molecule is COC(=O)c1cccc(S(=O)(=O)N2CCNC(C)C2C)c1.Cl. The second-order valence-electron chi connectivity index (χ2n) is 5.12. The van der Waals surface area contributed by atoms with Crippen LogP contribution in [0.4, 0.5) is 0 Å². The van der Waals surface area contributed by atoms with Gasteiger partial charge in [-0.2, -0.15) is 4.31 Å². The molecule has 0 spiro atoms. The van der Waals surface area contributed by atoms with Crippen LogP contribution in [0.1, 0.15) is 24.2 Å². The van der Waals surface area contributed by atoms with E-state index < -0.39 is 16.0 Å². The molecule has 0 bridgehead atoms. The highest BCUT2D eigenvalue weighted by atomic mass is 35.5. The number of methoxy groups -OCH3 is 1. The summed E-state index contributed by atoms with van der Waals surface area (Å²) in [6.07, 6.45) is 0. The van der Waals surface area contributed by atoms with Gasteiger partial charge in [0.25, 0.3) is 0 Å². The number of carbonyl (C=O) groups is 1. The summed E-state index contributed by atoms with van der Waals surface area (Å²) in [4.78, 5) is 11.7. The molecule has 0 aliphatic carbocycles. The summed E-state index contributed by atoms with van der Waals surface area (Å²) in [6.45, 7) is 4.85. The Labute approximate surface area is 137 Å². The normalized spacial score (nSPS) is 22.7. The Hall–Kier alpha value is -1.15. The first-order valence-corrected chi connectivity index (χ1v) is 8.25. The Kier molecular flexibility index (Phi) is 6.37. The van der Waals surface area contributed by atoms with Crippen LogP contribution in [-0.4, -0.2) is 51.0 Å². The molecule has 1 aliphatic rings. The molecule has 0 amide bonds. The topological polar surface area (TPSA) is 75.7 Å². The molecule has 1 N–H and O–H groups in total. The summed E-state index contributed by atoms with van der Waals surface area (Å²) in [5.74, 6) is -0.547. The summed E-state index contributed by atoms with van der Waals surface area (Å²) in [5.41, 5.74) is 0.231. The van der Waals surface area contributed by atoms with Crippen LogP contribution in [0, 0.1) is 0 Å². The van der Waals surface area contributed by atoms with E-state index >= 15 is 0 Å². The van der Waals surface area contributed by atoms with Crippen molar-refractivity contribution in [2.75, 3.05) is 20.2 Å². The Balaban J connectivity index is 0.00000242. The average Bonchev–Trinajstić information content (AvgIpc) is 2.49. The second kappa shape index (κ2) is 7.41. The molecule has 0 saturated carbocycles. The van der Waals surface area contributed by atoms with Crippen LogP contribution in [0.3, 0.4) is 0 Å². The molecule has 2 atom stereocenters. The van der Waals surface area contributed by atoms with Crippen LogP contribution >= 0.6 is 12.4 Å². The van der Waals surface area contributed by atoms with Crippen molar-refractivity contribution in [2.24, 2.45) is 0 Å². The minimum absolute atomic E-state index is 0. The molecule has 1 aliphatic heterocycles. The van der Waals surface area contributed by atoms with Gasteiger partial charge in [-0.15, -0.1) is 12.4 Å². The van der Waals surface area contributed by atoms with Crippen molar-refractivity contribution in [1.29, 1.82) is 0 Å². The van der Waals surface area contributed by atoms with Crippen LogP contribution in [0.2, 0.25) is 0 Å². The molecule has 2 unspecified atom stereocenters. The highest BCUT2D eigenvalue weighted by molar-refractivity contribution is 7.89. The second-order valence-corrected chi connectivity index (χ2v) is 7.01. The standard InChI is InChI=1S/C14H20N2O4S.ClH/c1-10-11(2)16(8-7-15-10)21(18,19)13-6-4-5-12(9-13)14(17)20-3;/h4-6,9-11,15H,7-8H2,1-3H3;1H. The third-order valence-corrected chi connectivity index (χ3v) is 5.82. The fraction of sp³-hybridized carbons (Fsp3) is 0.500. The predicted octanol–water partition coefficient (Wildman–Crippen LogP) is 1.27.